The summed E-state index contributed by atoms with van der Waals surface area (Å²) >= 11 is 0. The molecule has 0 saturated carbocycles. The van der Waals surface area contributed by atoms with Crippen molar-refractivity contribution in [2.24, 2.45) is 0 Å². The number of benzene rings is 2. The van der Waals surface area contributed by atoms with Crippen LogP contribution in [0.15, 0.2) is 91.4 Å². The zero-order chi connectivity index (χ0) is 23.8. The van der Waals surface area contributed by atoms with Gasteiger partial charge >= 0.3 is 0 Å². The summed E-state index contributed by atoms with van der Waals surface area (Å²) < 4.78 is 5.99. The molecule has 1 aliphatic heterocycles. The van der Waals surface area contributed by atoms with Gasteiger partial charge in [-0.3, -0.25) is 9.78 Å². The molecule has 2 heterocycles. The number of carbonyl (C=O) groups excluding carboxylic acids is 1. The van der Waals surface area contributed by atoms with Crippen LogP contribution >= 0.6 is 0 Å². The number of carbonyl (C=O) groups is 1. The van der Waals surface area contributed by atoms with Crippen LogP contribution in [0.25, 0.3) is 17.8 Å². The van der Waals surface area contributed by atoms with Gasteiger partial charge in [-0.1, -0.05) is 43.0 Å². The van der Waals surface area contributed by atoms with E-state index in [1.165, 1.54) is 0 Å². The van der Waals surface area contributed by atoms with Crippen molar-refractivity contribution in [3.05, 3.63) is 107 Å². The molecule has 6 heteroatoms. The molecule has 1 unspecified atom stereocenters. The number of nitrogens with zero attached hydrogens (tertiary/aromatic N) is 1. The molecule has 4 rings (SSSR count). The van der Waals surface area contributed by atoms with Gasteiger partial charge in [-0.25, -0.2) is 0 Å². The number of nitrogens with one attached hydrogen (secondary N) is 3. The molecule has 2 aromatic carbocycles. The molecule has 1 amide bonds. The van der Waals surface area contributed by atoms with Crippen molar-refractivity contribution in [1.82, 2.24) is 15.6 Å². The van der Waals surface area contributed by atoms with Crippen LogP contribution in [0.1, 0.15) is 18.9 Å². The Bertz CT molecular complexity index is 1300. The van der Waals surface area contributed by atoms with Crippen molar-refractivity contribution in [1.29, 1.82) is 0 Å². The van der Waals surface area contributed by atoms with E-state index in [-0.39, 0.29) is 18.5 Å². The first-order chi connectivity index (χ1) is 16.6. The summed E-state index contributed by atoms with van der Waals surface area (Å²) in [6.07, 6.45) is 9.52. The zero-order valence-electron chi connectivity index (χ0n) is 19.1. The van der Waals surface area contributed by atoms with Crippen LogP contribution in [0.4, 0.5) is 5.69 Å². The summed E-state index contributed by atoms with van der Waals surface area (Å²) in [4.78, 5) is 16.6. The van der Waals surface area contributed by atoms with Crippen LogP contribution in [0.2, 0.25) is 0 Å². The quantitative estimate of drug-likeness (QED) is 0.490. The third kappa shape index (κ3) is 5.92. The predicted molar refractivity (Wildman–Crippen MR) is 137 cm³/mol. The molecule has 0 bridgehead atoms. The SMILES string of the molecule is C=c1cccc/c1=C(/C=C\C)COc1ccc(NC(=O)CC2NC=C(c3cccnc3)N2)cc1. The van der Waals surface area contributed by atoms with Crippen molar-refractivity contribution < 1.29 is 9.53 Å². The maximum absolute atomic E-state index is 12.5. The molecule has 0 radical (unpaired) electrons. The lowest BCUT2D eigenvalue weighted by molar-refractivity contribution is -0.116. The minimum Gasteiger partial charge on any atom is -0.489 e. The average molecular weight is 453 g/mol. The topological polar surface area (TPSA) is 75.3 Å². The molecule has 0 saturated heterocycles. The van der Waals surface area contributed by atoms with E-state index < -0.39 is 0 Å². The van der Waals surface area contributed by atoms with Crippen LogP contribution in [0.5, 0.6) is 5.75 Å². The van der Waals surface area contributed by atoms with Crippen molar-refractivity contribution in [3.63, 3.8) is 0 Å². The summed E-state index contributed by atoms with van der Waals surface area (Å²) in [5.74, 6) is 0.640. The fraction of sp³-hybridized carbons (Fsp3) is 0.143. The lowest BCUT2D eigenvalue weighted by atomic mass is 10.1. The Hall–Kier alpha value is -4.32. The Morgan fingerprint density at radius 3 is 2.71 bits per heavy atom. The number of allylic oxidation sites excluding steroid dienone is 1. The van der Waals surface area contributed by atoms with Crippen LogP contribution in [0.3, 0.4) is 0 Å². The molecule has 1 atom stereocenters. The molecule has 3 N–H and O–H groups in total. The molecule has 6 nitrogen and oxygen atoms in total. The minimum absolute atomic E-state index is 0.0877. The smallest absolute Gasteiger partial charge is 0.228 e. The first-order valence-electron chi connectivity index (χ1n) is 11.2. The fourth-order valence-corrected chi connectivity index (χ4v) is 3.70. The second-order valence-electron chi connectivity index (χ2n) is 7.91. The number of amides is 1. The number of aromatic nitrogens is 1. The minimum atomic E-state index is -0.172. The van der Waals surface area contributed by atoms with Crippen LogP contribution in [0, 0.1) is 0 Å². The van der Waals surface area contributed by atoms with E-state index in [1.807, 2.05) is 85.9 Å². The van der Waals surface area contributed by atoms with Crippen LogP contribution in [-0.2, 0) is 4.79 Å². The van der Waals surface area contributed by atoms with Crippen molar-refractivity contribution >= 4 is 29.4 Å². The summed E-state index contributed by atoms with van der Waals surface area (Å²) in [5, 5.41) is 11.5. The number of hydrogen-bond donors (Lipinski definition) is 3. The number of anilines is 1. The highest BCUT2D eigenvalue weighted by atomic mass is 16.5. The Morgan fingerprint density at radius 1 is 1.15 bits per heavy atom. The van der Waals surface area contributed by atoms with Gasteiger partial charge in [0.05, 0.1) is 12.1 Å². The van der Waals surface area contributed by atoms with Crippen molar-refractivity contribution in [3.8, 4) is 5.75 Å². The largest absolute Gasteiger partial charge is 0.489 e. The van der Waals surface area contributed by atoms with E-state index in [0.717, 1.165) is 38.7 Å². The van der Waals surface area contributed by atoms with Gasteiger partial charge in [0, 0.05) is 29.8 Å². The standard InChI is InChI=1S/C28H28N4O2/c1-3-7-22(25-10-5-4-8-20(25)2)19-34-24-13-11-23(12-14-24)31-28(33)16-27-30-18-26(32-27)21-9-6-15-29-17-21/h3-15,17-18,27,30,32H,2,16,19H2,1H3,(H,31,33)/b7-3-,25-22+. The molecule has 1 aliphatic rings. The number of ether oxygens (including phenoxy) is 1. The lowest BCUT2D eigenvalue weighted by Gasteiger charge is -2.14. The normalized spacial score (nSPS) is 15.8. The van der Waals surface area contributed by atoms with E-state index in [1.54, 1.807) is 12.4 Å². The predicted octanol–water partition coefficient (Wildman–Crippen LogP) is 3.14. The van der Waals surface area contributed by atoms with Crippen LogP contribution in [-0.4, -0.2) is 23.7 Å². The molecule has 1 aromatic heterocycles. The van der Waals surface area contributed by atoms with Gasteiger partial charge < -0.3 is 20.7 Å². The number of pyridine rings is 1. The Labute approximate surface area is 199 Å². The summed E-state index contributed by atoms with van der Waals surface area (Å²) in [6.45, 7) is 6.51. The number of hydrogen-bond acceptors (Lipinski definition) is 5. The highest BCUT2D eigenvalue weighted by molar-refractivity contribution is 5.91. The van der Waals surface area contributed by atoms with E-state index in [2.05, 4.69) is 27.5 Å². The maximum Gasteiger partial charge on any atom is 0.228 e. The highest BCUT2D eigenvalue weighted by Gasteiger charge is 2.19. The Balaban J connectivity index is 1.30. The van der Waals surface area contributed by atoms with Gasteiger partial charge in [-0.2, -0.15) is 0 Å². The molecule has 0 fully saturated rings. The lowest BCUT2D eigenvalue weighted by Crippen LogP contribution is -2.35. The van der Waals surface area contributed by atoms with Crippen LogP contribution < -0.4 is 31.1 Å². The maximum atomic E-state index is 12.5. The van der Waals surface area contributed by atoms with E-state index in [9.17, 15) is 4.79 Å². The van der Waals surface area contributed by atoms with Crippen molar-refractivity contribution in [2.75, 3.05) is 11.9 Å². The molecule has 172 valence electrons. The summed E-state index contributed by atoms with van der Waals surface area (Å²) in [5.41, 5.74) is 3.67. The van der Waals surface area contributed by atoms with E-state index in [4.69, 9.17) is 4.74 Å². The molecule has 0 spiro atoms. The second-order valence-corrected chi connectivity index (χ2v) is 7.91. The monoisotopic (exact) mass is 452 g/mol. The van der Waals surface area contributed by atoms with E-state index >= 15 is 0 Å². The van der Waals surface area contributed by atoms with Crippen molar-refractivity contribution in [2.45, 2.75) is 19.5 Å². The van der Waals surface area contributed by atoms with Gasteiger partial charge in [0.2, 0.25) is 5.91 Å². The number of rotatable bonds is 8. The van der Waals surface area contributed by atoms with Gasteiger partial charge in [-0.05, 0) is 59.3 Å². The van der Waals surface area contributed by atoms with Gasteiger partial charge in [-0.15, -0.1) is 0 Å². The summed E-state index contributed by atoms with van der Waals surface area (Å²) in [7, 11) is 0. The molecular weight excluding hydrogens is 424 g/mol. The first-order valence-corrected chi connectivity index (χ1v) is 11.2. The van der Waals surface area contributed by atoms with E-state index in [0.29, 0.717) is 6.61 Å². The highest BCUT2D eigenvalue weighted by Crippen LogP contribution is 2.18. The summed E-state index contributed by atoms with van der Waals surface area (Å²) in [6, 6.07) is 19.2. The Morgan fingerprint density at radius 2 is 1.97 bits per heavy atom. The van der Waals surface area contributed by atoms with Gasteiger partial charge in [0.15, 0.2) is 0 Å². The van der Waals surface area contributed by atoms with Gasteiger partial charge in [0.1, 0.15) is 18.5 Å². The molecule has 3 aromatic rings. The first kappa shape index (κ1) is 22.9. The zero-order valence-corrected chi connectivity index (χ0v) is 19.1. The Kier molecular flexibility index (Phi) is 7.40. The van der Waals surface area contributed by atoms with Gasteiger partial charge in [0.25, 0.3) is 0 Å². The second kappa shape index (κ2) is 11.0. The third-order valence-electron chi connectivity index (χ3n) is 5.38. The average Bonchev–Trinajstić information content (AvgIpc) is 3.32. The molecular formula is C28H28N4O2. The molecule has 34 heavy (non-hydrogen) atoms. The molecule has 0 aliphatic carbocycles. The third-order valence-corrected chi connectivity index (χ3v) is 5.38. The fourth-order valence-electron chi connectivity index (χ4n) is 3.70.